The second-order valence-corrected chi connectivity index (χ2v) is 8.10. The van der Waals surface area contributed by atoms with Gasteiger partial charge in [0.2, 0.25) is 0 Å². The van der Waals surface area contributed by atoms with Gasteiger partial charge in [-0.05, 0) is 63.2 Å². The third-order valence-electron chi connectivity index (χ3n) is 6.68. The van der Waals surface area contributed by atoms with Crippen molar-refractivity contribution in [2.45, 2.75) is 76.5 Å². The number of hydrogen-bond donors (Lipinski definition) is 0. The van der Waals surface area contributed by atoms with Crippen LogP contribution in [0.5, 0.6) is 0 Å². The lowest BCUT2D eigenvalue weighted by Crippen LogP contribution is -2.47. The fourth-order valence-corrected chi connectivity index (χ4v) is 5.28. The van der Waals surface area contributed by atoms with Crippen molar-refractivity contribution < 1.29 is 4.79 Å². The van der Waals surface area contributed by atoms with Gasteiger partial charge in [-0.3, -0.25) is 4.79 Å². The molecule has 1 unspecified atom stereocenters. The Morgan fingerprint density at radius 3 is 2.23 bits per heavy atom. The van der Waals surface area contributed by atoms with Crippen LogP contribution in [0.25, 0.3) is 0 Å². The van der Waals surface area contributed by atoms with Gasteiger partial charge >= 0.3 is 0 Å². The summed E-state index contributed by atoms with van der Waals surface area (Å²) >= 11 is 0. The number of rotatable bonds is 7. The van der Waals surface area contributed by atoms with Gasteiger partial charge in [0.25, 0.3) is 0 Å². The summed E-state index contributed by atoms with van der Waals surface area (Å²) in [5.74, 6) is 1.00. The molecule has 3 heteroatoms. The molecular weight excluding hydrogens is 342 g/mol. The number of likely N-dealkylation sites (tertiary alicyclic amines) is 1. The van der Waals surface area contributed by atoms with E-state index < -0.39 is 0 Å². The molecule has 0 aromatic heterocycles. The smallest absolute Gasteiger partial charge is 0.143 e. The molecule has 1 atom stereocenters. The Morgan fingerprint density at radius 2 is 1.62 bits per heavy atom. The molecule has 3 rings (SSSR count). The Hall–Kier alpha value is -0.860. The average Bonchev–Trinajstić information content (AvgIpc) is 2.70. The minimum Gasteiger partial charge on any atom is -0.303 e. The van der Waals surface area contributed by atoms with E-state index in [9.17, 15) is 4.79 Å². The molecule has 1 aliphatic carbocycles. The number of ketones is 1. The van der Waals surface area contributed by atoms with Gasteiger partial charge in [-0.2, -0.15) is 0 Å². The number of Topliss-reactive ketones (excluding diaryl/α,β-unsaturated/α-hetero) is 1. The van der Waals surface area contributed by atoms with E-state index in [0.717, 1.165) is 13.0 Å². The highest BCUT2D eigenvalue weighted by Crippen LogP contribution is 2.45. The van der Waals surface area contributed by atoms with Crippen molar-refractivity contribution in [2.24, 2.45) is 5.92 Å². The average molecular weight is 378 g/mol. The first-order chi connectivity index (χ1) is 12.3. The van der Waals surface area contributed by atoms with Gasteiger partial charge in [-0.25, -0.2) is 0 Å². The molecule has 1 saturated carbocycles. The Bertz CT molecular complexity index is 534. The molecule has 2 aliphatic rings. The summed E-state index contributed by atoms with van der Waals surface area (Å²) < 4.78 is 0. The number of benzene rings is 1. The molecule has 1 saturated heterocycles. The summed E-state index contributed by atoms with van der Waals surface area (Å²) in [7, 11) is 0. The third-order valence-corrected chi connectivity index (χ3v) is 6.68. The molecule has 0 spiro atoms. The van der Waals surface area contributed by atoms with E-state index in [1.54, 1.807) is 0 Å². The lowest BCUT2D eigenvalue weighted by Gasteiger charge is -2.43. The van der Waals surface area contributed by atoms with Gasteiger partial charge in [0.1, 0.15) is 5.78 Å². The van der Waals surface area contributed by atoms with Gasteiger partial charge in [0.05, 0.1) is 5.41 Å². The van der Waals surface area contributed by atoms with Crippen LogP contribution in [-0.2, 0) is 10.2 Å². The fourth-order valence-electron chi connectivity index (χ4n) is 5.28. The van der Waals surface area contributed by atoms with Crippen LogP contribution in [0.4, 0.5) is 0 Å². The zero-order chi connectivity index (χ0) is 17.5. The highest BCUT2D eigenvalue weighted by molar-refractivity contribution is 5.90. The van der Waals surface area contributed by atoms with Crippen molar-refractivity contribution in [2.75, 3.05) is 19.6 Å². The number of carbonyl (C=O) groups is 1. The molecular formula is C23H36ClNO. The van der Waals surface area contributed by atoms with Gasteiger partial charge < -0.3 is 4.90 Å². The Kier molecular flexibility index (Phi) is 8.63. The van der Waals surface area contributed by atoms with Crippen molar-refractivity contribution >= 4 is 18.2 Å². The standard InChI is InChI=1S/C23H35NO.ClH/c1-2-22(25)23(20-12-6-3-7-13-20,21-14-8-4-9-15-21)16-19-24-17-10-5-11-18-24;/h3,6-7,12-13,21H,2,4-5,8-11,14-19H2,1H3;1H. The molecule has 26 heavy (non-hydrogen) atoms. The van der Waals surface area contributed by atoms with Crippen molar-refractivity contribution in [3.63, 3.8) is 0 Å². The highest BCUT2D eigenvalue weighted by atomic mass is 35.5. The van der Waals surface area contributed by atoms with E-state index in [2.05, 4.69) is 42.2 Å². The molecule has 2 fully saturated rings. The van der Waals surface area contributed by atoms with Crippen molar-refractivity contribution in [1.82, 2.24) is 4.90 Å². The van der Waals surface area contributed by atoms with E-state index in [4.69, 9.17) is 0 Å². The third kappa shape index (κ3) is 4.70. The SMILES string of the molecule is CCC(=O)C(CCN1CCCCC1)(c1ccccc1)C1CCCCC1.Cl. The van der Waals surface area contributed by atoms with Gasteiger partial charge in [0, 0.05) is 6.42 Å². The molecule has 1 aromatic carbocycles. The van der Waals surface area contributed by atoms with Gasteiger partial charge in [-0.15, -0.1) is 12.4 Å². The number of halogens is 1. The van der Waals surface area contributed by atoms with Crippen LogP contribution in [0.1, 0.15) is 76.7 Å². The van der Waals surface area contributed by atoms with E-state index >= 15 is 0 Å². The Morgan fingerprint density at radius 1 is 1.00 bits per heavy atom. The summed E-state index contributed by atoms with van der Waals surface area (Å²) in [5.41, 5.74) is 1.03. The van der Waals surface area contributed by atoms with E-state index in [1.165, 1.54) is 70.0 Å². The lowest BCUT2D eigenvalue weighted by molar-refractivity contribution is -0.127. The molecule has 0 amide bonds. The van der Waals surface area contributed by atoms with Gasteiger partial charge in [0.15, 0.2) is 0 Å². The predicted octanol–water partition coefficient (Wildman–Crippen LogP) is 5.78. The second kappa shape index (κ2) is 10.5. The Balaban J connectivity index is 0.00000243. The molecule has 0 radical (unpaired) electrons. The number of nitrogens with zero attached hydrogens (tertiary/aromatic N) is 1. The maximum absolute atomic E-state index is 13.4. The lowest BCUT2D eigenvalue weighted by atomic mass is 9.60. The maximum Gasteiger partial charge on any atom is 0.143 e. The second-order valence-electron chi connectivity index (χ2n) is 8.10. The molecule has 1 aliphatic heterocycles. The zero-order valence-electron chi connectivity index (χ0n) is 16.4. The molecule has 1 aromatic rings. The van der Waals surface area contributed by atoms with Crippen molar-refractivity contribution in [1.29, 1.82) is 0 Å². The predicted molar refractivity (Wildman–Crippen MR) is 112 cm³/mol. The number of piperidine rings is 1. The Labute approximate surface area is 166 Å². The topological polar surface area (TPSA) is 20.3 Å². The van der Waals surface area contributed by atoms with Crippen LogP contribution in [0.3, 0.4) is 0 Å². The maximum atomic E-state index is 13.4. The van der Waals surface area contributed by atoms with Crippen LogP contribution in [0, 0.1) is 5.92 Å². The van der Waals surface area contributed by atoms with E-state index in [1.807, 2.05) is 0 Å². The fraction of sp³-hybridized carbons (Fsp3) is 0.696. The van der Waals surface area contributed by atoms with E-state index in [0.29, 0.717) is 18.1 Å². The monoisotopic (exact) mass is 377 g/mol. The van der Waals surface area contributed by atoms with Crippen LogP contribution in [0.15, 0.2) is 30.3 Å². The zero-order valence-corrected chi connectivity index (χ0v) is 17.2. The number of hydrogen-bond acceptors (Lipinski definition) is 2. The van der Waals surface area contributed by atoms with E-state index in [-0.39, 0.29) is 17.8 Å². The summed E-state index contributed by atoms with van der Waals surface area (Å²) in [4.78, 5) is 16.0. The first-order valence-electron chi connectivity index (χ1n) is 10.6. The molecule has 1 heterocycles. The largest absolute Gasteiger partial charge is 0.303 e. The van der Waals surface area contributed by atoms with Gasteiger partial charge in [-0.1, -0.05) is 62.9 Å². The first-order valence-corrected chi connectivity index (χ1v) is 10.6. The molecule has 146 valence electrons. The van der Waals surface area contributed by atoms with Crippen LogP contribution >= 0.6 is 12.4 Å². The summed E-state index contributed by atoms with van der Waals surface area (Å²) in [6.07, 6.45) is 12.1. The molecule has 2 nitrogen and oxygen atoms in total. The summed E-state index contributed by atoms with van der Waals surface area (Å²) in [5, 5.41) is 0. The van der Waals surface area contributed by atoms with Crippen molar-refractivity contribution in [3.05, 3.63) is 35.9 Å². The number of carbonyl (C=O) groups excluding carboxylic acids is 1. The van der Waals surface area contributed by atoms with Crippen LogP contribution < -0.4 is 0 Å². The quantitative estimate of drug-likeness (QED) is 0.600. The first kappa shape index (κ1) is 21.4. The summed E-state index contributed by atoms with van der Waals surface area (Å²) in [6.45, 7) is 5.58. The minimum absolute atomic E-state index is 0. The highest BCUT2D eigenvalue weighted by Gasteiger charge is 2.45. The van der Waals surface area contributed by atoms with Crippen LogP contribution in [-0.4, -0.2) is 30.3 Å². The minimum atomic E-state index is -0.256. The normalized spacial score (nSPS) is 21.6. The van der Waals surface area contributed by atoms with Crippen molar-refractivity contribution in [3.8, 4) is 0 Å². The summed E-state index contributed by atoms with van der Waals surface area (Å²) in [6, 6.07) is 10.8. The molecule has 0 bridgehead atoms. The molecule has 0 N–H and O–H groups in total. The van der Waals surface area contributed by atoms with Crippen LogP contribution in [0.2, 0.25) is 0 Å².